The first-order valence-electron chi connectivity index (χ1n) is 8.66. The Morgan fingerprint density at radius 1 is 0.680 bits per heavy atom. The molecule has 1 aromatic carbocycles. The van der Waals surface area contributed by atoms with Crippen LogP contribution in [0.15, 0.2) is 30.3 Å². The molecule has 9 heteroatoms. The monoisotopic (exact) mass is 387 g/mol. The summed E-state index contributed by atoms with van der Waals surface area (Å²) in [6.07, 6.45) is 2.85. The summed E-state index contributed by atoms with van der Waals surface area (Å²) in [4.78, 5) is 0. The lowest BCUT2D eigenvalue weighted by Crippen LogP contribution is -2.54. The molecule has 0 radical (unpaired) electrons. The average molecular weight is 388 g/mol. The van der Waals surface area contributed by atoms with Gasteiger partial charge in [-0.05, 0) is 18.4 Å². The number of hydrogen-bond acceptors (Lipinski definition) is 4. The Hall–Kier alpha value is -1.00. The van der Waals surface area contributed by atoms with Gasteiger partial charge in [-0.3, -0.25) is 0 Å². The van der Waals surface area contributed by atoms with E-state index in [4.69, 9.17) is 0 Å². The van der Waals surface area contributed by atoms with Crippen molar-refractivity contribution >= 4 is 20.2 Å². The smallest absolute Gasteiger partial charge is 0.212 e. The highest BCUT2D eigenvalue weighted by Gasteiger charge is 2.35. The van der Waals surface area contributed by atoms with E-state index < -0.39 is 20.2 Å². The minimum absolute atomic E-state index is 0.0489. The van der Waals surface area contributed by atoms with E-state index in [1.54, 1.807) is 12.1 Å². The van der Waals surface area contributed by atoms with Gasteiger partial charge in [-0.2, -0.15) is 21.3 Å². The van der Waals surface area contributed by atoms with Crippen LogP contribution in [0.1, 0.15) is 24.8 Å². The van der Waals surface area contributed by atoms with Crippen molar-refractivity contribution in [1.82, 2.24) is 12.9 Å². The number of piperazine rings is 1. The number of hydrogen-bond donors (Lipinski definition) is 0. The van der Waals surface area contributed by atoms with Crippen LogP contribution in [0.2, 0.25) is 0 Å². The zero-order chi connectivity index (χ0) is 17.9. The molecule has 0 bridgehead atoms. The summed E-state index contributed by atoms with van der Waals surface area (Å²) >= 11 is 0. The van der Waals surface area contributed by atoms with Gasteiger partial charge >= 0.3 is 0 Å². The van der Waals surface area contributed by atoms with Crippen LogP contribution in [-0.2, 0) is 26.0 Å². The van der Waals surface area contributed by atoms with Crippen molar-refractivity contribution in [3.63, 3.8) is 0 Å². The largest absolute Gasteiger partial charge is 0.282 e. The molecule has 25 heavy (non-hydrogen) atoms. The predicted molar refractivity (Wildman–Crippen MR) is 96.6 cm³/mol. The van der Waals surface area contributed by atoms with Gasteiger partial charge in [0.25, 0.3) is 10.2 Å². The Bertz CT molecular complexity index is 767. The molecule has 3 rings (SSSR count). The Balaban J connectivity index is 1.61. The van der Waals surface area contributed by atoms with E-state index in [0.29, 0.717) is 13.1 Å². The lowest BCUT2D eigenvalue weighted by atomic mass is 10.2. The van der Waals surface area contributed by atoms with Crippen LogP contribution >= 0.6 is 0 Å². The van der Waals surface area contributed by atoms with E-state index in [0.717, 1.165) is 24.8 Å². The molecule has 0 atom stereocenters. The van der Waals surface area contributed by atoms with Gasteiger partial charge in [-0.1, -0.05) is 36.8 Å². The zero-order valence-electron chi connectivity index (χ0n) is 14.2. The first-order chi connectivity index (χ1) is 11.9. The number of nitrogens with zero attached hydrogens (tertiary/aromatic N) is 3. The minimum Gasteiger partial charge on any atom is -0.212 e. The Morgan fingerprint density at radius 2 is 1.20 bits per heavy atom. The fourth-order valence-electron chi connectivity index (χ4n) is 3.31. The lowest BCUT2D eigenvalue weighted by molar-refractivity contribution is 0.245. The maximum atomic E-state index is 12.7. The van der Waals surface area contributed by atoms with Crippen LogP contribution in [0, 0.1) is 0 Å². The first kappa shape index (κ1) is 18.8. The van der Waals surface area contributed by atoms with Crippen molar-refractivity contribution in [2.75, 3.05) is 39.3 Å². The maximum absolute atomic E-state index is 12.7. The number of sulfonamides is 1. The van der Waals surface area contributed by atoms with Crippen molar-refractivity contribution in [1.29, 1.82) is 0 Å². The topological polar surface area (TPSA) is 78.0 Å². The molecule has 2 aliphatic heterocycles. The molecule has 1 aromatic rings. The Kier molecular flexibility index (Phi) is 5.79. The molecule has 0 unspecified atom stereocenters. The van der Waals surface area contributed by atoms with Crippen molar-refractivity contribution in [3.05, 3.63) is 35.9 Å². The highest BCUT2D eigenvalue weighted by atomic mass is 32.2. The summed E-state index contributed by atoms with van der Waals surface area (Å²) in [5.41, 5.74) is 0.742. The molecular weight excluding hydrogens is 362 g/mol. The molecule has 0 aliphatic carbocycles. The molecule has 0 N–H and O–H groups in total. The highest BCUT2D eigenvalue weighted by Crippen LogP contribution is 2.20. The van der Waals surface area contributed by atoms with Crippen molar-refractivity contribution in [3.8, 4) is 0 Å². The van der Waals surface area contributed by atoms with E-state index in [1.165, 1.54) is 12.9 Å². The second kappa shape index (κ2) is 7.71. The highest BCUT2D eigenvalue weighted by molar-refractivity contribution is 7.88. The van der Waals surface area contributed by atoms with Crippen molar-refractivity contribution in [2.45, 2.75) is 25.0 Å². The third-order valence-electron chi connectivity index (χ3n) is 4.75. The first-order valence-corrected chi connectivity index (χ1v) is 11.7. The van der Waals surface area contributed by atoms with Gasteiger partial charge in [0, 0.05) is 39.3 Å². The van der Waals surface area contributed by atoms with Crippen molar-refractivity contribution in [2.24, 2.45) is 0 Å². The van der Waals surface area contributed by atoms with E-state index in [2.05, 4.69) is 0 Å². The SMILES string of the molecule is O=S(=O)(Cc1ccccc1)N1CCN(S(=O)(=O)N2CCCCC2)CC1. The summed E-state index contributed by atoms with van der Waals surface area (Å²) in [6, 6.07) is 9.05. The summed E-state index contributed by atoms with van der Waals surface area (Å²) in [6.45, 7) is 1.98. The van der Waals surface area contributed by atoms with Gasteiger partial charge in [0.15, 0.2) is 0 Å². The molecule has 2 heterocycles. The molecule has 7 nitrogen and oxygen atoms in total. The quantitative estimate of drug-likeness (QED) is 0.751. The molecular formula is C16H25N3O4S2. The van der Waals surface area contributed by atoms with Gasteiger partial charge in [0.2, 0.25) is 10.0 Å². The number of rotatable bonds is 5. The van der Waals surface area contributed by atoms with Crippen LogP contribution < -0.4 is 0 Å². The molecule has 0 amide bonds. The summed E-state index contributed by atoms with van der Waals surface area (Å²) < 4.78 is 54.8. The second-order valence-electron chi connectivity index (χ2n) is 6.51. The molecule has 140 valence electrons. The van der Waals surface area contributed by atoms with E-state index in [1.807, 2.05) is 18.2 Å². The van der Waals surface area contributed by atoms with E-state index >= 15 is 0 Å². The van der Waals surface area contributed by atoms with Gasteiger partial charge in [0.1, 0.15) is 0 Å². The zero-order valence-corrected chi connectivity index (χ0v) is 15.9. The molecule has 2 fully saturated rings. The minimum atomic E-state index is -3.47. The van der Waals surface area contributed by atoms with Crippen LogP contribution in [-0.4, -0.2) is 69.0 Å². The summed E-state index contributed by atoms with van der Waals surface area (Å²) in [5, 5.41) is 0. The van der Waals surface area contributed by atoms with Gasteiger partial charge in [0.05, 0.1) is 5.75 Å². The Labute approximate surface area is 150 Å². The third kappa shape index (κ3) is 4.40. The molecule has 0 spiro atoms. The van der Waals surface area contributed by atoms with Gasteiger partial charge in [-0.25, -0.2) is 8.42 Å². The van der Waals surface area contributed by atoms with Crippen LogP contribution in [0.5, 0.6) is 0 Å². The predicted octanol–water partition coefficient (Wildman–Crippen LogP) is 0.865. The Morgan fingerprint density at radius 3 is 1.80 bits per heavy atom. The number of piperidine rings is 1. The lowest BCUT2D eigenvalue weighted by Gasteiger charge is -2.37. The second-order valence-corrected chi connectivity index (χ2v) is 10.4. The molecule has 2 aliphatic rings. The molecule has 0 saturated carbocycles. The van der Waals surface area contributed by atoms with E-state index in [9.17, 15) is 16.8 Å². The van der Waals surface area contributed by atoms with Crippen LogP contribution in [0.3, 0.4) is 0 Å². The van der Waals surface area contributed by atoms with Crippen LogP contribution in [0.25, 0.3) is 0 Å². The molecule has 0 aromatic heterocycles. The summed E-state index contributed by atoms with van der Waals surface area (Å²) in [5.74, 6) is -0.0489. The fraction of sp³-hybridized carbons (Fsp3) is 0.625. The van der Waals surface area contributed by atoms with Crippen LogP contribution in [0.4, 0.5) is 0 Å². The average Bonchev–Trinajstić information content (AvgIpc) is 2.63. The summed E-state index contributed by atoms with van der Waals surface area (Å²) in [7, 11) is -6.90. The van der Waals surface area contributed by atoms with E-state index in [-0.39, 0.29) is 31.9 Å². The standard InChI is InChI=1S/C16H25N3O4S2/c20-24(21,15-16-7-3-1-4-8-16)17-11-13-19(14-12-17)25(22,23)18-9-5-2-6-10-18/h1,3-4,7-8H,2,5-6,9-15H2. The van der Waals surface area contributed by atoms with Gasteiger partial charge in [-0.15, -0.1) is 0 Å². The number of benzene rings is 1. The fourth-order valence-corrected chi connectivity index (χ4v) is 6.50. The maximum Gasteiger partial charge on any atom is 0.282 e. The molecule has 2 saturated heterocycles. The van der Waals surface area contributed by atoms with Crippen molar-refractivity contribution < 1.29 is 16.8 Å². The van der Waals surface area contributed by atoms with Gasteiger partial charge < -0.3 is 0 Å². The normalized spacial score (nSPS) is 22.1. The third-order valence-corrected chi connectivity index (χ3v) is 8.64.